The monoisotopic (exact) mass is 333 g/mol. The molecule has 3 rings (SSSR count). The van der Waals surface area contributed by atoms with Crippen molar-refractivity contribution in [1.29, 1.82) is 0 Å². The highest BCUT2D eigenvalue weighted by molar-refractivity contribution is 5.91. The molecule has 5 heteroatoms. The highest BCUT2D eigenvalue weighted by Crippen LogP contribution is 2.32. The van der Waals surface area contributed by atoms with Crippen LogP contribution in [0.5, 0.6) is 0 Å². The van der Waals surface area contributed by atoms with E-state index in [9.17, 15) is 4.79 Å². The summed E-state index contributed by atoms with van der Waals surface area (Å²) in [5, 5.41) is 7.19. The van der Waals surface area contributed by atoms with Gasteiger partial charge in [0.2, 0.25) is 5.76 Å². The van der Waals surface area contributed by atoms with Crippen molar-refractivity contribution >= 4 is 5.91 Å². The molecule has 0 spiro atoms. The number of aromatic nitrogens is 1. The third kappa shape index (κ3) is 4.38. The van der Waals surface area contributed by atoms with Crippen LogP contribution in [0.2, 0.25) is 0 Å². The first-order valence-electron chi connectivity index (χ1n) is 9.62. The molecule has 24 heavy (non-hydrogen) atoms. The second kappa shape index (κ2) is 8.15. The normalized spacial score (nSPS) is 23.5. The first kappa shape index (κ1) is 17.5. The van der Waals surface area contributed by atoms with Gasteiger partial charge < -0.3 is 14.7 Å². The van der Waals surface area contributed by atoms with Gasteiger partial charge in [0.25, 0.3) is 5.91 Å². The van der Waals surface area contributed by atoms with Crippen molar-refractivity contribution in [3.63, 3.8) is 0 Å². The van der Waals surface area contributed by atoms with Gasteiger partial charge in [-0.1, -0.05) is 24.4 Å². The number of hydrogen-bond acceptors (Lipinski definition) is 4. The second-order valence-electron chi connectivity index (χ2n) is 7.76. The van der Waals surface area contributed by atoms with Gasteiger partial charge in [0.05, 0.1) is 5.69 Å². The van der Waals surface area contributed by atoms with Crippen molar-refractivity contribution in [2.24, 2.45) is 5.92 Å². The van der Waals surface area contributed by atoms with Crippen LogP contribution in [0.4, 0.5) is 0 Å². The topological polar surface area (TPSA) is 58.4 Å². The number of carbonyl (C=O) groups excluding carboxylic acids is 1. The quantitative estimate of drug-likeness (QED) is 0.895. The lowest BCUT2D eigenvalue weighted by Gasteiger charge is -2.35. The summed E-state index contributed by atoms with van der Waals surface area (Å²) in [7, 11) is 0. The molecular weight excluding hydrogens is 302 g/mol. The Hall–Kier alpha value is -1.36. The minimum Gasteiger partial charge on any atom is -0.351 e. The van der Waals surface area contributed by atoms with Crippen LogP contribution in [-0.2, 0) is 0 Å². The van der Waals surface area contributed by atoms with Crippen molar-refractivity contribution in [3.05, 3.63) is 17.5 Å². The molecule has 134 valence electrons. The Morgan fingerprint density at radius 3 is 2.83 bits per heavy atom. The Kier molecular flexibility index (Phi) is 5.93. The highest BCUT2D eigenvalue weighted by atomic mass is 16.5. The number of likely N-dealkylation sites (tertiary alicyclic amines) is 1. The van der Waals surface area contributed by atoms with E-state index in [1.54, 1.807) is 0 Å². The smallest absolute Gasteiger partial charge is 0.289 e. The van der Waals surface area contributed by atoms with E-state index in [0.29, 0.717) is 23.6 Å². The molecule has 2 aliphatic rings. The number of nitrogens with zero attached hydrogens (tertiary/aromatic N) is 2. The lowest BCUT2D eigenvalue weighted by Crippen LogP contribution is -2.43. The maximum atomic E-state index is 12.3. The summed E-state index contributed by atoms with van der Waals surface area (Å²) < 4.78 is 5.31. The van der Waals surface area contributed by atoms with Gasteiger partial charge in [-0.15, -0.1) is 0 Å². The number of nitrogens with one attached hydrogen (secondary N) is 1. The van der Waals surface area contributed by atoms with Crippen LogP contribution in [0.15, 0.2) is 10.6 Å². The van der Waals surface area contributed by atoms with Crippen LogP contribution in [0, 0.1) is 5.92 Å². The molecule has 1 aromatic rings. The maximum Gasteiger partial charge on any atom is 0.289 e. The SMILES string of the molecule is CC(C)N1CCCC(CNC(=O)c2cc(C3CCCCC3)no2)C1. The second-order valence-corrected chi connectivity index (χ2v) is 7.76. The summed E-state index contributed by atoms with van der Waals surface area (Å²) in [6.45, 7) is 7.45. The molecule has 1 saturated heterocycles. The molecule has 0 aromatic carbocycles. The summed E-state index contributed by atoms with van der Waals surface area (Å²) in [5.41, 5.74) is 0.962. The Labute approximate surface area is 145 Å². The molecule has 0 radical (unpaired) electrons. The van der Waals surface area contributed by atoms with Crippen LogP contribution in [-0.4, -0.2) is 41.6 Å². The lowest BCUT2D eigenvalue weighted by molar-refractivity contribution is 0.0887. The van der Waals surface area contributed by atoms with E-state index in [-0.39, 0.29) is 5.91 Å². The zero-order chi connectivity index (χ0) is 16.9. The van der Waals surface area contributed by atoms with Crippen LogP contribution in [0.25, 0.3) is 0 Å². The standard InChI is InChI=1S/C19H31N3O2/c1-14(2)22-10-6-7-15(13-22)12-20-19(23)18-11-17(21-24-18)16-8-4-3-5-9-16/h11,14-16H,3-10,12-13H2,1-2H3,(H,20,23). The van der Waals surface area contributed by atoms with Crippen LogP contribution < -0.4 is 5.32 Å². The molecule has 1 aromatic heterocycles. The third-order valence-electron chi connectivity index (χ3n) is 5.61. The van der Waals surface area contributed by atoms with E-state index >= 15 is 0 Å². The zero-order valence-corrected chi connectivity index (χ0v) is 15.1. The molecule has 1 amide bonds. The molecule has 1 aliphatic carbocycles. The molecule has 1 N–H and O–H groups in total. The maximum absolute atomic E-state index is 12.3. The Balaban J connectivity index is 1.49. The zero-order valence-electron chi connectivity index (χ0n) is 15.1. The molecule has 1 saturated carbocycles. The van der Waals surface area contributed by atoms with Crippen molar-refractivity contribution in [3.8, 4) is 0 Å². The fraction of sp³-hybridized carbons (Fsp3) is 0.789. The van der Waals surface area contributed by atoms with Gasteiger partial charge in [-0.3, -0.25) is 4.79 Å². The van der Waals surface area contributed by atoms with Gasteiger partial charge in [0.1, 0.15) is 0 Å². The average molecular weight is 333 g/mol. The van der Waals surface area contributed by atoms with Gasteiger partial charge in [-0.2, -0.15) is 0 Å². The molecule has 1 aliphatic heterocycles. The van der Waals surface area contributed by atoms with E-state index in [0.717, 1.165) is 18.8 Å². The van der Waals surface area contributed by atoms with Gasteiger partial charge in [-0.05, 0) is 52.0 Å². The Morgan fingerprint density at radius 2 is 2.08 bits per heavy atom. The molecule has 2 heterocycles. The van der Waals surface area contributed by atoms with E-state index in [1.807, 2.05) is 6.07 Å². The molecule has 1 atom stereocenters. The molecule has 1 unspecified atom stereocenters. The predicted octanol–water partition coefficient (Wildman–Crippen LogP) is 3.57. The number of amides is 1. The van der Waals surface area contributed by atoms with Crippen molar-refractivity contribution in [1.82, 2.24) is 15.4 Å². The average Bonchev–Trinajstić information content (AvgIpc) is 3.11. The van der Waals surface area contributed by atoms with Crippen molar-refractivity contribution in [2.45, 2.75) is 70.8 Å². The van der Waals surface area contributed by atoms with Crippen LogP contribution in [0.3, 0.4) is 0 Å². The van der Waals surface area contributed by atoms with E-state index < -0.39 is 0 Å². The predicted molar refractivity (Wildman–Crippen MR) is 94.1 cm³/mol. The number of carbonyl (C=O) groups is 1. The Bertz CT molecular complexity index is 534. The van der Waals surface area contributed by atoms with Gasteiger partial charge in [0.15, 0.2) is 0 Å². The molecule has 2 fully saturated rings. The minimum absolute atomic E-state index is 0.119. The van der Waals surface area contributed by atoms with Crippen molar-refractivity contribution in [2.75, 3.05) is 19.6 Å². The van der Waals surface area contributed by atoms with E-state index in [4.69, 9.17) is 4.52 Å². The summed E-state index contributed by atoms with van der Waals surface area (Å²) >= 11 is 0. The third-order valence-corrected chi connectivity index (χ3v) is 5.61. The summed E-state index contributed by atoms with van der Waals surface area (Å²) in [4.78, 5) is 14.8. The first-order valence-corrected chi connectivity index (χ1v) is 9.62. The Morgan fingerprint density at radius 1 is 1.29 bits per heavy atom. The minimum atomic E-state index is -0.119. The highest BCUT2D eigenvalue weighted by Gasteiger charge is 2.24. The van der Waals surface area contributed by atoms with E-state index in [2.05, 4.69) is 29.2 Å². The van der Waals surface area contributed by atoms with Gasteiger partial charge >= 0.3 is 0 Å². The largest absolute Gasteiger partial charge is 0.351 e. The fourth-order valence-corrected chi connectivity index (χ4v) is 4.04. The lowest BCUT2D eigenvalue weighted by atomic mass is 9.87. The summed E-state index contributed by atoms with van der Waals surface area (Å²) in [6.07, 6.45) is 8.57. The molecule has 5 nitrogen and oxygen atoms in total. The van der Waals surface area contributed by atoms with Gasteiger partial charge in [0, 0.05) is 31.1 Å². The van der Waals surface area contributed by atoms with Gasteiger partial charge in [-0.25, -0.2) is 0 Å². The molecular formula is C19H31N3O2. The van der Waals surface area contributed by atoms with E-state index in [1.165, 1.54) is 51.5 Å². The fourth-order valence-electron chi connectivity index (χ4n) is 4.04. The summed E-state index contributed by atoms with van der Waals surface area (Å²) in [6, 6.07) is 2.43. The number of rotatable bonds is 5. The van der Waals surface area contributed by atoms with Crippen LogP contribution >= 0.6 is 0 Å². The number of piperidine rings is 1. The number of hydrogen-bond donors (Lipinski definition) is 1. The molecule has 0 bridgehead atoms. The van der Waals surface area contributed by atoms with Crippen molar-refractivity contribution < 1.29 is 9.32 Å². The summed E-state index contributed by atoms with van der Waals surface area (Å²) in [5.74, 6) is 1.26. The first-order chi connectivity index (χ1) is 11.6. The van der Waals surface area contributed by atoms with Crippen LogP contribution in [0.1, 0.15) is 81.0 Å².